The predicted octanol–water partition coefficient (Wildman–Crippen LogP) is 1.70. The lowest BCUT2D eigenvalue weighted by atomic mass is 9.96. The topological polar surface area (TPSA) is 50.8 Å². The second-order valence-electron chi connectivity index (χ2n) is 6.18. The van der Waals surface area contributed by atoms with Crippen LogP contribution in [0.3, 0.4) is 0 Å². The lowest BCUT2D eigenvalue weighted by Gasteiger charge is -2.30. The van der Waals surface area contributed by atoms with Crippen LogP contribution < -0.4 is 14.8 Å². The molecule has 2 saturated heterocycles. The van der Waals surface area contributed by atoms with E-state index in [0.29, 0.717) is 24.5 Å². The average molecular weight is 325 g/mol. The second kappa shape index (κ2) is 6.34. The molecular formula is C16H21ClN2O3. The Morgan fingerprint density at radius 3 is 2.82 bits per heavy atom. The number of amides is 1. The van der Waals surface area contributed by atoms with Gasteiger partial charge in [-0.1, -0.05) is 0 Å². The zero-order valence-electron chi connectivity index (χ0n) is 12.4. The van der Waals surface area contributed by atoms with Gasteiger partial charge in [0.1, 0.15) is 13.2 Å². The third kappa shape index (κ3) is 3.01. The van der Waals surface area contributed by atoms with Crippen molar-refractivity contribution in [3.05, 3.63) is 23.8 Å². The Balaban J connectivity index is 0.00000144. The number of halogens is 1. The molecule has 1 aromatic rings. The van der Waals surface area contributed by atoms with Gasteiger partial charge < -0.3 is 19.7 Å². The van der Waals surface area contributed by atoms with Crippen molar-refractivity contribution in [2.45, 2.75) is 18.9 Å². The van der Waals surface area contributed by atoms with Gasteiger partial charge in [-0.3, -0.25) is 4.79 Å². The maximum Gasteiger partial charge on any atom is 0.251 e. The fraction of sp³-hybridized carbons (Fsp3) is 0.562. The molecule has 3 aliphatic rings. The summed E-state index contributed by atoms with van der Waals surface area (Å²) >= 11 is 0. The van der Waals surface area contributed by atoms with Gasteiger partial charge in [-0.2, -0.15) is 0 Å². The second-order valence-corrected chi connectivity index (χ2v) is 6.18. The van der Waals surface area contributed by atoms with Crippen LogP contribution in [0.4, 0.5) is 0 Å². The van der Waals surface area contributed by atoms with Gasteiger partial charge in [0.2, 0.25) is 0 Å². The summed E-state index contributed by atoms with van der Waals surface area (Å²) in [5.41, 5.74) is 0.646. The van der Waals surface area contributed by atoms with Crippen LogP contribution in [-0.2, 0) is 0 Å². The fourth-order valence-corrected chi connectivity index (χ4v) is 3.62. The fourth-order valence-electron chi connectivity index (χ4n) is 3.62. The maximum atomic E-state index is 12.4. The van der Waals surface area contributed by atoms with Gasteiger partial charge in [0.05, 0.1) is 0 Å². The van der Waals surface area contributed by atoms with E-state index in [4.69, 9.17) is 9.47 Å². The molecule has 6 heteroatoms. The number of hydrogen-bond acceptors (Lipinski definition) is 4. The molecule has 5 nitrogen and oxygen atoms in total. The van der Waals surface area contributed by atoms with E-state index in [9.17, 15) is 4.79 Å². The van der Waals surface area contributed by atoms with Crippen molar-refractivity contribution in [1.29, 1.82) is 0 Å². The lowest BCUT2D eigenvalue weighted by molar-refractivity contribution is 0.0908. The molecule has 0 aliphatic carbocycles. The third-order valence-electron chi connectivity index (χ3n) is 4.61. The van der Waals surface area contributed by atoms with Crippen LogP contribution in [0, 0.1) is 5.92 Å². The number of fused-ring (bicyclic) bond motifs is 3. The highest BCUT2D eigenvalue weighted by Gasteiger charge is 2.33. The molecule has 1 amide bonds. The highest BCUT2D eigenvalue weighted by molar-refractivity contribution is 5.95. The molecule has 2 bridgehead atoms. The number of benzene rings is 1. The van der Waals surface area contributed by atoms with Gasteiger partial charge >= 0.3 is 0 Å². The van der Waals surface area contributed by atoms with Crippen LogP contribution in [0.15, 0.2) is 18.2 Å². The minimum Gasteiger partial charge on any atom is -0.486 e. The van der Waals surface area contributed by atoms with Gasteiger partial charge in [-0.25, -0.2) is 0 Å². The van der Waals surface area contributed by atoms with Crippen LogP contribution >= 0.6 is 12.4 Å². The standard InChI is InChI=1S/C16H20N2O3.ClH/c19-16(17-13-7-11-3-4-18(9-11)10-13)12-1-2-14-15(8-12)21-6-5-20-14;/h1-2,8,11,13H,3-7,9-10H2,(H,17,19);1H/t11-,13+;/m0./s1. The SMILES string of the molecule is Cl.O=C(N[C@@H]1C[C@@H]2CCN(C2)C1)c1ccc2c(c1)OCCO2. The Morgan fingerprint density at radius 2 is 2.00 bits per heavy atom. The third-order valence-corrected chi connectivity index (χ3v) is 4.61. The van der Waals surface area contributed by atoms with Gasteiger partial charge in [0.25, 0.3) is 5.91 Å². The number of carbonyl (C=O) groups is 1. The van der Waals surface area contributed by atoms with Gasteiger partial charge in [-0.05, 0) is 43.5 Å². The normalized spacial score (nSPS) is 28.6. The summed E-state index contributed by atoms with van der Waals surface area (Å²) in [4.78, 5) is 14.9. The van der Waals surface area contributed by atoms with E-state index in [1.165, 1.54) is 19.5 Å². The molecule has 2 fully saturated rings. The number of ether oxygens (including phenoxy) is 2. The molecule has 0 spiro atoms. The summed E-state index contributed by atoms with van der Waals surface area (Å²) in [6.45, 7) is 4.47. The largest absolute Gasteiger partial charge is 0.486 e. The van der Waals surface area contributed by atoms with Crippen molar-refractivity contribution in [1.82, 2.24) is 10.2 Å². The molecule has 3 heterocycles. The number of carbonyl (C=O) groups excluding carboxylic acids is 1. The Bertz CT molecular complexity index is 554. The van der Waals surface area contributed by atoms with Gasteiger partial charge in [0.15, 0.2) is 11.5 Å². The molecule has 120 valence electrons. The molecule has 1 unspecified atom stereocenters. The van der Waals surface area contributed by atoms with Crippen molar-refractivity contribution in [3.8, 4) is 11.5 Å². The van der Waals surface area contributed by atoms with E-state index in [2.05, 4.69) is 10.2 Å². The van der Waals surface area contributed by atoms with E-state index in [0.717, 1.165) is 24.6 Å². The molecule has 0 radical (unpaired) electrons. The van der Waals surface area contributed by atoms with E-state index < -0.39 is 0 Å². The molecule has 22 heavy (non-hydrogen) atoms. The maximum absolute atomic E-state index is 12.4. The molecule has 0 aromatic heterocycles. The summed E-state index contributed by atoms with van der Waals surface area (Å²) in [6.07, 6.45) is 2.38. The van der Waals surface area contributed by atoms with Crippen molar-refractivity contribution in [2.75, 3.05) is 32.8 Å². The molecule has 1 N–H and O–H groups in total. The van der Waals surface area contributed by atoms with Crippen LogP contribution in [-0.4, -0.2) is 49.7 Å². The van der Waals surface area contributed by atoms with Crippen molar-refractivity contribution >= 4 is 18.3 Å². The summed E-state index contributed by atoms with van der Waals surface area (Å²) in [6, 6.07) is 5.67. The first-order chi connectivity index (χ1) is 10.3. The number of nitrogens with zero attached hydrogens (tertiary/aromatic N) is 1. The lowest BCUT2D eigenvalue weighted by Crippen LogP contribution is -2.47. The number of rotatable bonds is 2. The van der Waals surface area contributed by atoms with Crippen molar-refractivity contribution in [3.63, 3.8) is 0 Å². The van der Waals surface area contributed by atoms with Crippen molar-refractivity contribution in [2.24, 2.45) is 5.92 Å². The van der Waals surface area contributed by atoms with Gasteiger partial charge in [-0.15, -0.1) is 12.4 Å². The monoisotopic (exact) mass is 324 g/mol. The first-order valence-electron chi connectivity index (χ1n) is 7.71. The minimum absolute atomic E-state index is 0. The summed E-state index contributed by atoms with van der Waals surface area (Å²) < 4.78 is 11.0. The smallest absolute Gasteiger partial charge is 0.251 e. The Hall–Kier alpha value is -1.46. The van der Waals surface area contributed by atoms with Gasteiger partial charge in [0, 0.05) is 24.7 Å². The molecule has 0 saturated carbocycles. The number of piperidine rings is 1. The molecule has 3 aliphatic heterocycles. The quantitative estimate of drug-likeness (QED) is 0.899. The van der Waals surface area contributed by atoms with Crippen molar-refractivity contribution < 1.29 is 14.3 Å². The van der Waals surface area contributed by atoms with E-state index in [-0.39, 0.29) is 24.4 Å². The summed E-state index contributed by atoms with van der Waals surface area (Å²) in [5, 5.41) is 3.17. The van der Waals surface area contributed by atoms with E-state index >= 15 is 0 Å². The zero-order valence-corrected chi connectivity index (χ0v) is 13.2. The number of nitrogens with one attached hydrogen (secondary N) is 1. The highest BCUT2D eigenvalue weighted by Crippen LogP contribution is 2.31. The first-order valence-corrected chi connectivity index (χ1v) is 7.71. The number of hydrogen-bond donors (Lipinski definition) is 1. The first kappa shape index (κ1) is 15.4. The Morgan fingerprint density at radius 1 is 1.18 bits per heavy atom. The predicted molar refractivity (Wildman–Crippen MR) is 85.1 cm³/mol. The zero-order chi connectivity index (χ0) is 14.2. The van der Waals surface area contributed by atoms with E-state index in [1.54, 1.807) is 12.1 Å². The van der Waals surface area contributed by atoms with E-state index in [1.807, 2.05) is 6.07 Å². The Labute approximate surface area is 136 Å². The van der Waals surface area contributed by atoms with Crippen LogP contribution in [0.2, 0.25) is 0 Å². The summed E-state index contributed by atoms with van der Waals surface area (Å²) in [7, 11) is 0. The highest BCUT2D eigenvalue weighted by atomic mass is 35.5. The van der Waals surface area contributed by atoms with Crippen LogP contribution in [0.25, 0.3) is 0 Å². The summed E-state index contributed by atoms with van der Waals surface area (Å²) in [5.74, 6) is 2.13. The molecule has 4 rings (SSSR count). The van der Waals surface area contributed by atoms with Crippen LogP contribution in [0.1, 0.15) is 23.2 Å². The minimum atomic E-state index is -0.0144. The average Bonchev–Trinajstić information content (AvgIpc) is 2.85. The molecular weight excluding hydrogens is 304 g/mol. The molecule has 1 aromatic carbocycles. The Kier molecular flexibility index (Phi) is 4.45. The van der Waals surface area contributed by atoms with Crippen LogP contribution in [0.5, 0.6) is 11.5 Å². The molecule has 3 atom stereocenters.